The van der Waals surface area contributed by atoms with Gasteiger partial charge in [0.25, 0.3) is 5.91 Å². The molecule has 3 rings (SSSR count). The lowest BCUT2D eigenvalue weighted by Crippen LogP contribution is -2.31. The van der Waals surface area contributed by atoms with Crippen molar-refractivity contribution in [2.45, 2.75) is 12.6 Å². The van der Waals surface area contributed by atoms with Crippen LogP contribution in [-0.4, -0.2) is 34.7 Å². The summed E-state index contributed by atoms with van der Waals surface area (Å²) in [7, 11) is 1.53. The van der Waals surface area contributed by atoms with Gasteiger partial charge in [-0.3, -0.25) is 14.5 Å². The van der Waals surface area contributed by atoms with Gasteiger partial charge in [-0.1, -0.05) is 48.2 Å². The lowest BCUT2D eigenvalue weighted by Gasteiger charge is -2.14. The van der Waals surface area contributed by atoms with Crippen molar-refractivity contribution in [3.05, 3.63) is 64.6 Å². The molecule has 0 aromatic heterocycles. The number of halogens is 3. The number of methoxy groups -OCH3 is 1. The Morgan fingerprint density at radius 2 is 1.97 bits per heavy atom. The van der Waals surface area contributed by atoms with E-state index in [2.05, 4.69) is 5.32 Å². The van der Waals surface area contributed by atoms with Crippen molar-refractivity contribution in [2.75, 3.05) is 19.0 Å². The summed E-state index contributed by atoms with van der Waals surface area (Å²) >= 11 is 6.36. The number of amides is 2. The van der Waals surface area contributed by atoms with Gasteiger partial charge in [-0.05, 0) is 30.3 Å². The maximum atomic E-state index is 12.8. The molecule has 2 amide bonds. The molecule has 1 fully saturated rings. The Hall–Kier alpha value is -2.85. The van der Waals surface area contributed by atoms with Crippen LogP contribution in [0, 0.1) is 0 Å². The molecule has 1 N–H and O–H groups in total. The number of benzene rings is 2. The Morgan fingerprint density at radius 3 is 2.68 bits per heavy atom. The second kappa shape index (κ2) is 9.52. The third kappa shape index (κ3) is 5.65. The van der Waals surface area contributed by atoms with Crippen LogP contribution in [0.4, 0.5) is 18.9 Å². The number of thiocarbonyl (C=S) groups is 1. The molecule has 2 aromatic carbocycles. The van der Waals surface area contributed by atoms with Crippen LogP contribution in [0.25, 0.3) is 6.08 Å². The zero-order valence-corrected chi connectivity index (χ0v) is 17.9. The Bertz CT molecular complexity index is 1050. The number of nitrogens with zero attached hydrogens (tertiary/aromatic N) is 1. The van der Waals surface area contributed by atoms with Gasteiger partial charge in [0, 0.05) is 24.2 Å². The highest BCUT2D eigenvalue weighted by atomic mass is 32.2. The van der Waals surface area contributed by atoms with Crippen LogP contribution in [0.3, 0.4) is 0 Å². The van der Waals surface area contributed by atoms with Gasteiger partial charge in [0.2, 0.25) is 5.91 Å². The van der Waals surface area contributed by atoms with Crippen molar-refractivity contribution < 1.29 is 27.5 Å². The second-order valence-corrected chi connectivity index (χ2v) is 8.13. The number of hydrogen-bond donors (Lipinski definition) is 1. The minimum absolute atomic E-state index is 0.0126. The van der Waals surface area contributed by atoms with Crippen molar-refractivity contribution in [1.82, 2.24) is 4.90 Å². The molecular formula is C21H17F3N2O3S2. The second-order valence-electron chi connectivity index (χ2n) is 6.45. The minimum atomic E-state index is -4.50. The first-order valence-electron chi connectivity index (χ1n) is 9.04. The number of rotatable bonds is 6. The SMILES string of the molecule is COc1ccccc1C=C1SC(=S)N(CCC(=O)Nc2cccc(C(F)(F)F)c2)C1=O. The summed E-state index contributed by atoms with van der Waals surface area (Å²) < 4.78 is 44.0. The van der Waals surface area contributed by atoms with Crippen LogP contribution in [0.5, 0.6) is 5.75 Å². The highest BCUT2D eigenvalue weighted by Gasteiger charge is 2.33. The first-order chi connectivity index (χ1) is 14.7. The summed E-state index contributed by atoms with van der Waals surface area (Å²) in [5.41, 5.74) is -0.113. The summed E-state index contributed by atoms with van der Waals surface area (Å²) in [5.74, 6) is -0.261. The number of carbonyl (C=O) groups excluding carboxylic acids is 2. The predicted molar refractivity (Wildman–Crippen MR) is 118 cm³/mol. The van der Waals surface area contributed by atoms with Crippen LogP contribution in [-0.2, 0) is 15.8 Å². The zero-order chi connectivity index (χ0) is 22.6. The molecule has 1 saturated heterocycles. The monoisotopic (exact) mass is 466 g/mol. The van der Waals surface area contributed by atoms with E-state index >= 15 is 0 Å². The fraction of sp³-hybridized carbons (Fsp3) is 0.190. The molecule has 1 aliphatic rings. The molecule has 0 radical (unpaired) electrons. The van der Waals surface area contributed by atoms with Crippen molar-refractivity contribution in [2.24, 2.45) is 0 Å². The van der Waals surface area contributed by atoms with Gasteiger partial charge in [0.15, 0.2) is 0 Å². The quantitative estimate of drug-likeness (QED) is 0.483. The van der Waals surface area contributed by atoms with Crippen LogP contribution < -0.4 is 10.1 Å². The summed E-state index contributed by atoms with van der Waals surface area (Å²) in [4.78, 5) is 26.6. The van der Waals surface area contributed by atoms with Gasteiger partial charge in [0.1, 0.15) is 10.1 Å². The highest BCUT2D eigenvalue weighted by Crippen LogP contribution is 2.34. The number of para-hydroxylation sites is 1. The van der Waals surface area contributed by atoms with E-state index in [-0.39, 0.29) is 24.6 Å². The van der Waals surface area contributed by atoms with Gasteiger partial charge in [-0.25, -0.2) is 0 Å². The fourth-order valence-electron chi connectivity index (χ4n) is 2.83. The summed E-state index contributed by atoms with van der Waals surface area (Å²) in [5, 5.41) is 2.42. The molecule has 0 bridgehead atoms. The summed E-state index contributed by atoms with van der Waals surface area (Å²) in [6.45, 7) is 0.0126. The van der Waals surface area contributed by atoms with Crippen LogP contribution >= 0.6 is 24.0 Å². The molecule has 0 atom stereocenters. The van der Waals surface area contributed by atoms with Gasteiger partial charge in [-0.15, -0.1) is 0 Å². The first kappa shape index (κ1) is 22.8. The minimum Gasteiger partial charge on any atom is -0.496 e. The predicted octanol–water partition coefficient (Wildman–Crippen LogP) is 4.94. The van der Waals surface area contributed by atoms with E-state index in [9.17, 15) is 22.8 Å². The van der Waals surface area contributed by atoms with Crippen LogP contribution in [0.2, 0.25) is 0 Å². The number of carbonyl (C=O) groups is 2. The molecule has 0 spiro atoms. The molecular weight excluding hydrogens is 449 g/mol. The maximum absolute atomic E-state index is 12.8. The van der Waals surface area contributed by atoms with Crippen molar-refractivity contribution in [3.63, 3.8) is 0 Å². The smallest absolute Gasteiger partial charge is 0.416 e. The van der Waals surface area contributed by atoms with Crippen LogP contribution in [0.1, 0.15) is 17.5 Å². The number of alkyl halides is 3. The topological polar surface area (TPSA) is 58.6 Å². The number of ether oxygens (including phenoxy) is 1. The first-order valence-corrected chi connectivity index (χ1v) is 10.3. The Labute approximate surface area is 186 Å². The van der Waals surface area contributed by atoms with E-state index in [0.717, 1.165) is 23.9 Å². The molecule has 0 unspecified atom stereocenters. The van der Waals surface area contributed by atoms with Gasteiger partial charge >= 0.3 is 6.18 Å². The van der Waals surface area contributed by atoms with E-state index in [0.29, 0.717) is 20.5 Å². The molecule has 0 saturated carbocycles. The molecule has 162 valence electrons. The zero-order valence-electron chi connectivity index (χ0n) is 16.2. The maximum Gasteiger partial charge on any atom is 0.416 e. The van der Waals surface area contributed by atoms with Gasteiger partial charge in [0.05, 0.1) is 17.6 Å². The van der Waals surface area contributed by atoms with E-state index < -0.39 is 17.6 Å². The van der Waals surface area contributed by atoms with E-state index in [1.807, 2.05) is 12.1 Å². The molecule has 1 heterocycles. The molecule has 5 nitrogen and oxygen atoms in total. The van der Waals surface area contributed by atoms with E-state index in [1.54, 1.807) is 18.2 Å². The summed E-state index contributed by atoms with van der Waals surface area (Å²) in [6.07, 6.45) is -2.96. The van der Waals surface area contributed by atoms with Gasteiger partial charge in [-0.2, -0.15) is 13.2 Å². The lowest BCUT2D eigenvalue weighted by molar-refractivity contribution is -0.137. The third-order valence-corrected chi connectivity index (χ3v) is 5.71. The van der Waals surface area contributed by atoms with E-state index in [4.69, 9.17) is 17.0 Å². The molecule has 0 aliphatic carbocycles. The average molecular weight is 467 g/mol. The average Bonchev–Trinajstić information content (AvgIpc) is 2.99. The van der Waals surface area contributed by atoms with Crippen molar-refractivity contribution in [3.8, 4) is 5.75 Å². The normalized spacial score (nSPS) is 15.5. The van der Waals surface area contributed by atoms with Gasteiger partial charge < -0.3 is 10.1 Å². The largest absolute Gasteiger partial charge is 0.496 e. The Kier molecular flexibility index (Phi) is 7.01. The molecule has 1 aliphatic heterocycles. The molecule has 31 heavy (non-hydrogen) atoms. The lowest BCUT2D eigenvalue weighted by atomic mass is 10.2. The molecule has 10 heteroatoms. The Balaban J connectivity index is 1.63. The molecule has 2 aromatic rings. The van der Waals surface area contributed by atoms with Crippen LogP contribution in [0.15, 0.2) is 53.4 Å². The fourth-order valence-corrected chi connectivity index (χ4v) is 4.13. The Morgan fingerprint density at radius 1 is 1.23 bits per heavy atom. The third-order valence-electron chi connectivity index (χ3n) is 4.34. The number of hydrogen-bond acceptors (Lipinski definition) is 5. The number of nitrogens with one attached hydrogen (secondary N) is 1. The standard InChI is InChI=1S/C21H17F3N2O3S2/c1-29-16-8-3-2-5-13(16)11-17-19(28)26(20(30)31-17)10-9-18(27)25-15-7-4-6-14(12-15)21(22,23)24/h2-8,11-12H,9-10H2,1H3,(H,25,27). The number of thioether (sulfide) groups is 1. The van der Waals surface area contributed by atoms with Crippen molar-refractivity contribution >= 4 is 51.9 Å². The highest BCUT2D eigenvalue weighted by molar-refractivity contribution is 8.26. The summed E-state index contributed by atoms with van der Waals surface area (Å²) in [6, 6.07) is 11.5. The number of anilines is 1. The van der Waals surface area contributed by atoms with Crippen molar-refractivity contribution in [1.29, 1.82) is 0 Å². The van der Waals surface area contributed by atoms with E-state index in [1.165, 1.54) is 24.1 Å².